The number of carbonyl (C=O) groups is 1. The molecule has 0 rings (SSSR count). The second-order valence-electron chi connectivity index (χ2n) is 4.64. The Hall–Kier alpha value is -0.300. The van der Waals surface area contributed by atoms with Crippen LogP contribution in [-0.4, -0.2) is 30.6 Å². The SMILES string of the molecule is CC(C(=O)OC(C)(C)C)P(C)(C)=O. The van der Waals surface area contributed by atoms with Crippen molar-refractivity contribution in [2.24, 2.45) is 0 Å². The Balaban J connectivity index is 4.39. The van der Waals surface area contributed by atoms with Crippen LogP contribution in [0.4, 0.5) is 0 Å². The Labute approximate surface area is 80.2 Å². The second kappa shape index (κ2) is 3.83. The van der Waals surface area contributed by atoms with Gasteiger partial charge in [0, 0.05) is 0 Å². The molecule has 0 saturated carbocycles. The van der Waals surface area contributed by atoms with E-state index in [2.05, 4.69) is 0 Å². The van der Waals surface area contributed by atoms with E-state index in [1.807, 2.05) is 0 Å². The third kappa shape index (κ3) is 5.09. The van der Waals surface area contributed by atoms with Crippen molar-refractivity contribution in [3.63, 3.8) is 0 Å². The Morgan fingerprint density at radius 3 is 1.92 bits per heavy atom. The number of hydrogen-bond donors (Lipinski definition) is 0. The fourth-order valence-corrected chi connectivity index (χ4v) is 1.20. The maximum absolute atomic E-state index is 11.5. The van der Waals surface area contributed by atoms with Crippen LogP contribution < -0.4 is 0 Å². The maximum Gasteiger partial charge on any atom is 0.316 e. The molecule has 0 bridgehead atoms. The lowest BCUT2D eigenvalue weighted by molar-refractivity contribution is -0.153. The quantitative estimate of drug-likeness (QED) is 0.514. The first-order valence-corrected chi connectivity index (χ1v) is 6.98. The monoisotopic (exact) mass is 206 g/mol. The van der Waals surface area contributed by atoms with Crippen LogP contribution in [0.2, 0.25) is 0 Å². The lowest BCUT2D eigenvalue weighted by Crippen LogP contribution is -2.30. The van der Waals surface area contributed by atoms with Crippen LogP contribution in [0.1, 0.15) is 27.7 Å². The molecular weight excluding hydrogens is 187 g/mol. The molecule has 1 atom stereocenters. The summed E-state index contributed by atoms with van der Waals surface area (Å²) in [5.74, 6) is -0.374. The van der Waals surface area contributed by atoms with E-state index in [1.165, 1.54) is 0 Å². The number of hydrogen-bond acceptors (Lipinski definition) is 3. The van der Waals surface area contributed by atoms with Crippen molar-refractivity contribution in [1.82, 2.24) is 0 Å². The molecule has 0 aliphatic heterocycles. The Morgan fingerprint density at radius 2 is 1.69 bits per heavy atom. The van der Waals surface area contributed by atoms with Gasteiger partial charge in [0.25, 0.3) is 0 Å². The first-order valence-electron chi connectivity index (χ1n) is 4.31. The lowest BCUT2D eigenvalue weighted by atomic mass is 10.2. The zero-order valence-corrected chi connectivity index (χ0v) is 10.1. The van der Waals surface area contributed by atoms with Crippen LogP contribution >= 0.6 is 7.14 Å². The van der Waals surface area contributed by atoms with Crippen LogP contribution in [0.25, 0.3) is 0 Å². The molecule has 0 heterocycles. The van der Waals surface area contributed by atoms with Crippen LogP contribution in [0.5, 0.6) is 0 Å². The maximum atomic E-state index is 11.5. The molecule has 0 spiro atoms. The summed E-state index contributed by atoms with van der Waals surface area (Å²) in [5.41, 5.74) is -1.01. The molecule has 0 radical (unpaired) electrons. The first kappa shape index (κ1) is 12.7. The van der Waals surface area contributed by atoms with Crippen molar-refractivity contribution >= 4 is 13.1 Å². The molecule has 0 aromatic heterocycles. The highest BCUT2D eigenvalue weighted by molar-refractivity contribution is 7.64. The molecule has 13 heavy (non-hydrogen) atoms. The second-order valence-corrected chi connectivity index (χ2v) is 8.29. The molecule has 0 N–H and O–H groups in total. The predicted molar refractivity (Wildman–Crippen MR) is 54.8 cm³/mol. The van der Waals surface area contributed by atoms with Gasteiger partial charge in [0.1, 0.15) is 11.3 Å². The van der Waals surface area contributed by atoms with Gasteiger partial charge in [-0.25, -0.2) is 0 Å². The molecule has 3 nitrogen and oxygen atoms in total. The molecule has 4 heteroatoms. The van der Waals surface area contributed by atoms with Crippen LogP contribution in [0, 0.1) is 0 Å². The van der Waals surface area contributed by atoms with E-state index in [4.69, 9.17) is 4.74 Å². The Morgan fingerprint density at radius 1 is 1.31 bits per heavy atom. The van der Waals surface area contributed by atoms with E-state index in [0.717, 1.165) is 0 Å². The van der Waals surface area contributed by atoms with Gasteiger partial charge in [0.05, 0.1) is 7.14 Å². The van der Waals surface area contributed by atoms with Gasteiger partial charge in [0.15, 0.2) is 0 Å². The van der Waals surface area contributed by atoms with Gasteiger partial charge in [-0.05, 0) is 41.0 Å². The topological polar surface area (TPSA) is 43.4 Å². The van der Waals surface area contributed by atoms with E-state index in [-0.39, 0.29) is 5.97 Å². The fraction of sp³-hybridized carbons (Fsp3) is 0.889. The summed E-state index contributed by atoms with van der Waals surface area (Å²) >= 11 is 0. The third-order valence-electron chi connectivity index (χ3n) is 1.68. The average molecular weight is 206 g/mol. The summed E-state index contributed by atoms with van der Waals surface area (Å²) in [6.45, 7) is 10.2. The number of esters is 1. The average Bonchev–Trinajstić information content (AvgIpc) is 1.79. The zero-order chi connectivity index (χ0) is 10.9. The minimum Gasteiger partial charge on any atom is -0.459 e. The van der Waals surface area contributed by atoms with Crippen LogP contribution in [0.15, 0.2) is 0 Å². The summed E-state index contributed by atoms with van der Waals surface area (Å²) in [6, 6.07) is 0. The predicted octanol–water partition coefficient (Wildman–Crippen LogP) is 2.34. The highest BCUT2D eigenvalue weighted by Crippen LogP contribution is 2.42. The van der Waals surface area contributed by atoms with Gasteiger partial charge in [-0.1, -0.05) is 0 Å². The summed E-state index contributed by atoms with van der Waals surface area (Å²) < 4.78 is 16.7. The standard InChI is InChI=1S/C9H19O3P/c1-7(13(5,6)11)8(10)12-9(2,3)4/h7H,1-6H3. The Kier molecular flexibility index (Phi) is 3.74. The van der Waals surface area contributed by atoms with Gasteiger partial charge >= 0.3 is 5.97 Å². The number of ether oxygens (including phenoxy) is 1. The van der Waals surface area contributed by atoms with E-state index in [0.29, 0.717) is 0 Å². The number of carbonyl (C=O) groups excluding carboxylic acids is 1. The lowest BCUT2D eigenvalue weighted by Gasteiger charge is -2.23. The molecule has 78 valence electrons. The largest absolute Gasteiger partial charge is 0.459 e. The summed E-state index contributed by atoms with van der Waals surface area (Å²) in [4.78, 5) is 11.4. The molecule has 0 amide bonds. The zero-order valence-electron chi connectivity index (χ0n) is 9.25. The van der Waals surface area contributed by atoms with Crippen molar-refractivity contribution < 1.29 is 14.1 Å². The van der Waals surface area contributed by atoms with E-state index >= 15 is 0 Å². The minimum atomic E-state index is -2.37. The molecule has 0 aromatic carbocycles. The molecule has 0 saturated heterocycles. The van der Waals surface area contributed by atoms with Crippen LogP contribution in [-0.2, 0) is 14.1 Å². The van der Waals surface area contributed by atoms with Crippen LogP contribution in [0.3, 0.4) is 0 Å². The molecular formula is C9H19O3P. The highest BCUT2D eigenvalue weighted by atomic mass is 31.2. The molecule has 0 aliphatic rings. The van der Waals surface area contributed by atoms with E-state index < -0.39 is 18.4 Å². The van der Waals surface area contributed by atoms with Crippen molar-refractivity contribution in [2.75, 3.05) is 13.3 Å². The molecule has 0 aliphatic carbocycles. The van der Waals surface area contributed by atoms with Crippen molar-refractivity contribution in [3.8, 4) is 0 Å². The van der Waals surface area contributed by atoms with Gasteiger partial charge in [0.2, 0.25) is 0 Å². The van der Waals surface area contributed by atoms with Gasteiger partial charge in [-0.15, -0.1) is 0 Å². The van der Waals surface area contributed by atoms with E-state index in [9.17, 15) is 9.36 Å². The van der Waals surface area contributed by atoms with Gasteiger partial charge in [-0.2, -0.15) is 0 Å². The van der Waals surface area contributed by atoms with Gasteiger partial charge < -0.3 is 9.30 Å². The minimum absolute atomic E-state index is 0.374. The molecule has 0 aromatic rings. The smallest absolute Gasteiger partial charge is 0.316 e. The van der Waals surface area contributed by atoms with Crippen molar-refractivity contribution in [2.45, 2.75) is 39.0 Å². The van der Waals surface area contributed by atoms with Crippen molar-refractivity contribution in [3.05, 3.63) is 0 Å². The molecule has 0 fully saturated rings. The van der Waals surface area contributed by atoms with Crippen molar-refractivity contribution in [1.29, 1.82) is 0 Å². The normalized spacial score (nSPS) is 15.2. The fourth-order valence-electron chi connectivity index (χ4n) is 0.641. The summed E-state index contributed by atoms with van der Waals surface area (Å²) in [6.07, 6.45) is 0. The molecule has 1 unspecified atom stereocenters. The highest BCUT2D eigenvalue weighted by Gasteiger charge is 2.29. The summed E-state index contributed by atoms with van der Waals surface area (Å²) in [7, 11) is -2.37. The summed E-state index contributed by atoms with van der Waals surface area (Å²) in [5, 5.41) is 0. The first-order chi connectivity index (χ1) is 5.54. The third-order valence-corrected chi connectivity index (χ3v) is 3.76. The van der Waals surface area contributed by atoms with Gasteiger partial charge in [-0.3, -0.25) is 4.79 Å². The van der Waals surface area contributed by atoms with E-state index in [1.54, 1.807) is 41.0 Å². The number of rotatable bonds is 2. The Bertz CT molecular complexity index is 234.